The van der Waals surface area contributed by atoms with Gasteiger partial charge in [0.25, 0.3) is 0 Å². The van der Waals surface area contributed by atoms with Crippen LogP contribution in [0.1, 0.15) is 62.6 Å². The number of allylic oxidation sites excluding steroid dienone is 4. The Bertz CT molecular complexity index is 1070. The lowest BCUT2D eigenvalue weighted by Gasteiger charge is -2.12. The van der Waals surface area contributed by atoms with E-state index in [1.54, 1.807) is 32.2 Å². The van der Waals surface area contributed by atoms with Crippen LogP contribution in [0.15, 0.2) is 77.2 Å². The minimum atomic E-state index is -0.0708. The van der Waals surface area contributed by atoms with Crippen molar-refractivity contribution in [3.05, 3.63) is 89.9 Å². The van der Waals surface area contributed by atoms with Crippen LogP contribution in [-0.2, 0) is 27.3 Å². The smallest absolute Gasteiger partial charge is 0.249 e. The van der Waals surface area contributed by atoms with Gasteiger partial charge in [0.15, 0.2) is 5.89 Å². The van der Waals surface area contributed by atoms with Gasteiger partial charge in [0.1, 0.15) is 6.26 Å². The number of benzene rings is 1. The Labute approximate surface area is 222 Å². The van der Waals surface area contributed by atoms with E-state index in [4.69, 9.17) is 13.9 Å². The van der Waals surface area contributed by atoms with Crippen molar-refractivity contribution in [1.82, 2.24) is 9.88 Å². The molecule has 0 saturated carbocycles. The van der Waals surface area contributed by atoms with Gasteiger partial charge in [-0.3, -0.25) is 4.79 Å². The number of carbonyl (C=O) groups excluding carboxylic acids is 1. The lowest BCUT2D eigenvalue weighted by atomic mass is 10.1. The molecule has 0 radical (unpaired) electrons. The van der Waals surface area contributed by atoms with E-state index in [1.807, 2.05) is 30.4 Å². The Morgan fingerprint density at radius 3 is 2.76 bits per heavy atom. The summed E-state index contributed by atoms with van der Waals surface area (Å²) in [6.07, 6.45) is 15.5. The van der Waals surface area contributed by atoms with Gasteiger partial charge in [0, 0.05) is 38.6 Å². The van der Waals surface area contributed by atoms with Crippen LogP contribution in [0, 0.1) is 11.8 Å². The van der Waals surface area contributed by atoms with Gasteiger partial charge in [-0.1, -0.05) is 67.3 Å². The van der Waals surface area contributed by atoms with Crippen molar-refractivity contribution < 1.29 is 18.7 Å². The van der Waals surface area contributed by atoms with Crippen LogP contribution in [0.2, 0.25) is 0 Å². The molecule has 1 aromatic heterocycles. The number of hydrogen-bond donors (Lipinski definition) is 0. The van der Waals surface area contributed by atoms with Gasteiger partial charge < -0.3 is 18.8 Å². The fraction of sp³-hybridized carbons (Fsp3) is 0.419. The number of likely N-dealkylation sites (N-methyl/N-ethyl adjacent to an activating group) is 1. The molecule has 0 saturated heterocycles. The molecule has 0 aliphatic carbocycles. The van der Waals surface area contributed by atoms with Gasteiger partial charge in [-0.05, 0) is 44.2 Å². The molecule has 2 rings (SSSR count). The maximum absolute atomic E-state index is 11.9. The summed E-state index contributed by atoms with van der Waals surface area (Å²) in [6.45, 7) is 5.74. The number of aryl methyl sites for hydroxylation is 1. The third kappa shape index (κ3) is 12.8. The van der Waals surface area contributed by atoms with E-state index in [-0.39, 0.29) is 11.8 Å². The first-order valence-electron chi connectivity index (χ1n) is 12.8. The zero-order valence-corrected chi connectivity index (χ0v) is 22.6. The number of methoxy groups -OCH3 is 1. The molecule has 1 atom stereocenters. The summed E-state index contributed by atoms with van der Waals surface area (Å²) in [6, 6.07) is 10.2. The molecule has 1 aromatic carbocycles. The summed E-state index contributed by atoms with van der Waals surface area (Å²) < 4.78 is 16.4. The van der Waals surface area contributed by atoms with Crippen molar-refractivity contribution in [2.45, 2.75) is 58.5 Å². The van der Waals surface area contributed by atoms with Crippen LogP contribution in [0.4, 0.5) is 0 Å². The van der Waals surface area contributed by atoms with Crippen molar-refractivity contribution in [2.75, 3.05) is 27.3 Å². The predicted octanol–water partition coefficient (Wildman–Crippen LogP) is 6.22. The van der Waals surface area contributed by atoms with E-state index in [2.05, 4.69) is 48.0 Å². The van der Waals surface area contributed by atoms with Gasteiger partial charge >= 0.3 is 0 Å². The molecule has 6 nitrogen and oxygen atoms in total. The lowest BCUT2D eigenvalue weighted by molar-refractivity contribution is -0.124. The first-order valence-corrected chi connectivity index (χ1v) is 12.8. The first-order chi connectivity index (χ1) is 18.0. The summed E-state index contributed by atoms with van der Waals surface area (Å²) in [5.41, 5.74) is 2.15. The zero-order valence-electron chi connectivity index (χ0n) is 22.6. The molecule has 0 fully saturated rings. The highest BCUT2D eigenvalue weighted by atomic mass is 16.5. The third-order valence-corrected chi connectivity index (χ3v) is 5.61. The summed E-state index contributed by atoms with van der Waals surface area (Å²) in [5.74, 6) is 7.69. The summed E-state index contributed by atoms with van der Waals surface area (Å²) in [4.78, 5) is 18.2. The number of ether oxygens (including phenoxy) is 2. The highest BCUT2D eigenvalue weighted by Crippen LogP contribution is 2.18. The average Bonchev–Trinajstić information content (AvgIpc) is 3.38. The van der Waals surface area contributed by atoms with Crippen molar-refractivity contribution in [3.8, 4) is 11.8 Å². The second-order valence-corrected chi connectivity index (χ2v) is 8.87. The Balaban J connectivity index is 1.57. The maximum atomic E-state index is 11.9. The molecule has 2 aromatic rings. The minimum Gasteiger partial charge on any atom is -0.501 e. The topological polar surface area (TPSA) is 64.8 Å². The third-order valence-electron chi connectivity index (χ3n) is 5.61. The Kier molecular flexibility index (Phi) is 14.3. The second kappa shape index (κ2) is 17.8. The molecular weight excluding hydrogens is 464 g/mol. The van der Waals surface area contributed by atoms with Gasteiger partial charge in [0.05, 0.1) is 25.2 Å². The van der Waals surface area contributed by atoms with Crippen LogP contribution >= 0.6 is 0 Å². The fourth-order valence-electron chi connectivity index (χ4n) is 3.26. The molecule has 6 heteroatoms. The summed E-state index contributed by atoms with van der Waals surface area (Å²) in [5, 5.41) is 0. The SMILES string of the molecule is CO/C(C)=C/C(=O)N(C)C/C=C/CC/C=C\C#CCC(C)c1nc(CCCOCc2ccccc2)co1. The molecule has 0 bridgehead atoms. The van der Waals surface area contributed by atoms with Crippen LogP contribution in [0.5, 0.6) is 0 Å². The minimum absolute atomic E-state index is 0.0708. The normalized spacial score (nSPS) is 12.5. The van der Waals surface area contributed by atoms with Crippen molar-refractivity contribution >= 4 is 5.91 Å². The van der Waals surface area contributed by atoms with E-state index >= 15 is 0 Å². The predicted molar refractivity (Wildman–Crippen MR) is 148 cm³/mol. The standard InChI is InChI=1S/C31H40N2O4/c1-26(31-32-29(25-37-31)20-16-22-36-24-28-18-13-11-14-19-28)17-12-9-7-5-6-8-10-15-21-33(3)30(34)23-27(2)35-4/h5,7,10-11,13-15,18-19,23,25-26H,6,8,16-17,20-22,24H2,1-4H3/b7-5-,15-10+,27-23+. The number of aromatic nitrogens is 1. The molecule has 1 amide bonds. The number of unbranched alkanes of at least 4 members (excludes halogenated alkanes) is 1. The molecule has 0 aliphatic rings. The number of rotatable bonds is 15. The highest BCUT2D eigenvalue weighted by molar-refractivity contribution is 5.87. The Hall–Kier alpha value is -3.56. The van der Waals surface area contributed by atoms with E-state index in [0.29, 0.717) is 31.9 Å². The number of hydrogen-bond acceptors (Lipinski definition) is 5. The van der Waals surface area contributed by atoms with E-state index in [1.165, 1.54) is 11.6 Å². The fourth-order valence-corrected chi connectivity index (χ4v) is 3.26. The van der Waals surface area contributed by atoms with Crippen LogP contribution in [0.25, 0.3) is 0 Å². The van der Waals surface area contributed by atoms with E-state index in [0.717, 1.165) is 37.3 Å². The molecule has 0 spiro atoms. The van der Waals surface area contributed by atoms with Gasteiger partial charge in [-0.15, -0.1) is 0 Å². The zero-order chi connectivity index (χ0) is 26.7. The molecule has 198 valence electrons. The van der Waals surface area contributed by atoms with Crippen molar-refractivity contribution in [2.24, 2.45) is 0 Å². The molecule has 1 unspecified atom stereocenters. The van der Waals surface area contributed by atoms with Crippen LogP contribution < -0.4 is 0 Å². The quantitative estimate of drug-likeness (QED) is 0.0947. The second-order valence-electron chi connectivity index (χ2n) is 8.87. The average molecular weight is 505 g/mol. The van der Waals surface area contributed by atoms with Crippen molar-refractivity contribution in [3.63, 3.8) is 0 Å². The van der Waals surface area contributed by atoms with Crippen LogP contribution in [0.3, 0.4) is 0 Å². The van der Waals surface area contributed by atoms with E-state index < -0.39 is 0 Å². The van der Waals surface area contributed by atoms with Crippen molar-refractivity contribution in [1.29, 1.82) is 0 Å². The van der Waals surface area contributed by atoms with Gasteiger partial charge in [-0.25, -0.2) is 4.98 Å². The lowest BCUT2D eigenvalue weighted by Crippen LogP contribution is -2.25. The van der Waals surface area contributed by atoms with Gasteiger partial charge in [-0.2, -0.15) is 0 Å². The largest absolute Gasteiger partial charge is 0.501 e. The Morgan fingerprint density at radius 2 is 1.97 bits per heavy atom. The highest BCUT2D eigenvalue weighted by Gasteiger charge is 2.11. The number of oxazole rings is 1. The Morgan fingerprint density at radius 1 is 1.19 bits per heavy atom. The van der Waals surface area contributed by atoms with Crippen LogP contribution in [-0.4, -0.2) is 43.1 Å². The van der Waals surface area contributed by atoms with E-state index in [9.17, 15) is 4.79 Å². The molecule has 37 heavy (non-hydrogen) atoms. The molecule has 0 aliphatic heterocycles. The molecule has 1 heterocycles. The number of nitrogens with zero attached hydrogens (tertiary/aromatic N) is 2. The monoisotopic (exact) mass is 504 g/mol. The summed E-state index contributed by atoms with van der Waals surface area (Å²) in [7, 11) is 3.32. The maximum Gasteiger partial charge on any atom is 0.249 e. The first kappa shape index (κ1) is 29.7. The molecule has 0 N–H and O–H groups in total. The number of carbonyl (C=O) groups is 1. The number of amides is 1. The van der Waals surface area contributed by atoms with Gasteiger partial charge in [0.2, 0.25) is 5.91 Å². The molecular formula is C31H40N2O4. The summed E-state index contributed by atoms with van der Waals surface area (Å²) >= 11 is 0.